The highest BCUT2D eigenvalue weighted by atomic mass is 16.1. The zero-order valence-electron chi connectivity index (χ0n) is 12.1. The molecule has 0 spiro atoms. The topological polar surface area (TPSA) is 54.0 Å². The number of hydrogen-bond donors (Lipinski definition) is 2. The van der Waals surface area contributed by atoms with Crippen molar-refractivity contribution in [2.75, 3.05) is 18.4 Å². The number of rotatable bonds is 7. The number of pyridine rings is 1. The van der Waals surface area contributed by atoms with E-state index in [1.807, 2.05) is 19.1 Å². The molecule has 0 aliphatic heterocycles. The summed E-state index contributed by atoms with van der Waals surface area (Å²) >= 11 is 0. The van der Waals surface area contributed by atoms with Crippen molar-refractivity contribution in [1.29, 1.82) is 0 Å². The SMILES string of the molecule is CCNc1ncccc1C(=O)NCC(C1CC1)C1CC1. The molecule has 0 radical (unpaired) electrons. The lowest BCUT2D eigenvalue weighted by atomic mass is 9.98. The molecule has 2 N–H and O–H groups in total. The van der Waals surface area contributed by atoms with Gasteiger partial charge in [-0.3, -0.25) is 4.79 Å². The van der Waals surface area contributed by atoms with Crippen molar-refractivity contribution < 1.29 is 4.79 Å². The fourth-order valence-electron chi connectivity index (χ4n) is 2.97. The average molecular weight is 273 g/mol. The molecule has 2 fully saturated rings. The van der Waals surface area contributed by atoms with Crippen molar-refractivity contribution in [2.45, 2.75) is 32.6 Å². The third-order valence-corrected chi connectivity index (χ3v) is 4.35. The van der Waals surface area contributed by atoms with Crippen molar-refractivity contribution in [3.63, 3.8) is 0 Å². The third-order valence-electron chi connectivity index (χ3n) is 4.35. The van der Waals surface area contributed by atoms with Crippen LogP contribution in [0.2, 0.25) is 0 Å². The quantitative estimate of drug-likeness (QED) is 0.803. The summed E-state index contributed by atoms with van der Waals surface area (Å²) in [4.78, 5) is 16.6. The Morgan fingerprint density at radius 1 is 1.35 bits per heavy atom. The van der Waals surface area contributed by atoms with E-state index in [0.717, 1.165) is 24.9 Å². The number of amides is 1. The molecule has 2 saturated carbocycles. The van der Waals surface area contributed by atoms with Crippen LogP contribution < -0.4 is 10.6 Å². The highest BCUT2D eigenvalue weighted by Crippen LogP contribution is 2.48. The molecule has 0 unspecified atom stereocenters. The Morgan fingerprint density at radius 3 is 2.65 bits per heavy atom. The van der Waals surface area contributed by atoms with Gasteiger partial charge in [-0.15, -0.1) is 0 Å². The summed E-state index contributed by atoms with van der Waals surface area (Å²) in [5.41, 5.74) is 0.652. The first kappa shape index (κ1) is 13.4. The molecule has 20 heavy (non-hydrogen) atoms. The molecule has 0 bridgehead atoms. The molecule has 4 heteroatoms. The van der Waals surface area contributed by atoms with Crippen LogP contribution in [0.4, 0.5) is 5.82 Å². The number of nitrogens with zero attached hydrogens (tertiary/aromatic N) is 1. The Bertz CT molecular complexity index is 468. The van der Waals surface area contributed by atoms with Gasteiger partial charge < -0.3 is 10.6 Å². The number of anilines is 1. The van der Waals surface area contributed by atoms with Crippen LogP contribution in [0.1, 0.15) is 43.0 Å². The van der Waals surface area contributed by atoms with Gasteiger partial charge in [0, 0.05) is 19.3 Å². The van der Waals surface area contributed by atoms with Gasteiger partial charge in [-0.1, -0.05) is 0 Å². The van der Waals surface area contributed by atoms with Gasteiger partial charge in [0.05, 0.1) is 5.56 Å². The first-order chi connectivity index (χ1) is 9.79. The third kappa shape index (κ3) is 3.11. The number of nitrogens with one attached hydrogen (secondary N) is 2. The average Bonchev–Trinajstić information content (AvgIpc) is 3.33. The van der Waals surface area contributed by atoms with Crippen molar-refractivity contribution in [3.8, 4) is 0 Å². The molecule has 4 nitrogen and oxygen atoms in total. The summed E-state index contributed by atoms with van der Waals surface area (Å²) in [5, 5.41) is 6.26. The molecule has 3 rings (SSSR count). The number of carbonyl (C=O) groups excluding carboxylic acids is 1. The Kier molecular flexibility index (Phi) is 3.90. The lowest BCUT2D eigenvalue weighted by molar-refractivity contribution is 0.0944. The molecule has 0 atom stereocenters. The Morgan fingerprint density at radius 2 is 2.05 bits per heavy atom. The van der Waals surface area contributed by atoms with Gasteiger partial charge in [-0.25, -0.2) is 4.98 Å². The van der Waals surface area contributed by atoms with E-state index in [4.69, 9.17) is 0 Å². The monoisotopic (exact) mass is 273 g/mol. The molecule has 1 heterocycles. The van der Waals surface area contributed by atoms with E-state index >= 15 is 0 Å². The van der Waals surface area contributed by atoms with E-state index in [1.165, 1.54) is 25.7 Å². The maximum absolute atomic E-state index is 12.3. The van der Waals surface area contributed by atoms with Gasteiger partial charge in [-0.05, 0) is 62.5 Å². The molecule has 0 saturated heterocycles. The minimum Gasteiger partial charge on any atom is -0.370 e. The van der Waals surface area contributed by atoms with Crippen molar-refractivity contribution >= 4 is 11.7 Å². The molecule has 1 aromatic heterocycles. The van der Waals surface area contributed by atoms with Crippen LogP contribution >= 0.6 is 0 Å². The highest BCUT2D eigenvalue weighted by molar-refractivity contribution is 5.98. The van der Waals surface area contributed by atoms with Crippen LogP contribution in [0.5, 0.6) is 0 Å². The number of hydrogen-bond acceptors (Lipinski definition) is 3. The van der Waals surface area contributed by atoms with E-state index in [1.54, 1.807) is 6.20 Å². The van der Waals surface area contributed by atoms with E-state index in [-0.39, 0.29) is 5.91 Å². The predicted molar refractivity (Wildman–Crippen MR) is 79.7 cm³/mol. The van der Waals surface area contributed by atoms with Gasteiger partial charge in [-0.2, -0.15) is 0 Å². The molecule has 1 aromatic rings. The van der Waals surface area contributed by atoms with Crippen LogP contribution in [-0.2, 0) is 0 Å². The van der Waals surface area contributed by atoms with E-state index < -0.39 is 0 Å². The van der Waals surface area contributed by atoms with E-state index in [0.29, 0.717) is 17.3 Å². The first-order valence-electron chi connectivity index (χ1n) is 7.76. The fourth-order valence-corrected chi connectivity index (χ4v) is 2.97. The molecule has 0 aromatic carbocycles. The minimum absolute atomic E-state index is 0.000324. The standard InChI is InChI=1S/C16H23N3O/c1-2-17-15-13(4-3-9-18-15)16(20)19-10-14(11-5-6-11)12-7-8-12/h3-4,9,11-12,14H,2,5-8,10H2,1H3,(H,17,18)(H,19,20). The van der Waals surface area contributed by atoms with Crippen molar-refractivity contribution in [1.82, 2.24) is 10.3 Å². The van der Waals surface area contributed by atoms with Gasteiger partial charge in [0.25, 0.3) is 5.91 Å². The van der Waals surface area contributed by atoms with E-state index in [2.05, 4.69) is 15.6 Å². The van der Waals surface area contributed by atoms with Gasteiger partial charge in [0.2, 0.25) is 0 Å². The highest BCUT2D eigenvalue weighted by Gasteiger charge is 2.41. The summed E-state index contributed by atoms with van der Waals surface area (Å²) in [6.07, 6.45) is 7.13. The minimum atomic E-state index is 0.000324. The zero-order chi connectivity index (χ0) is 13.9. The number of aromatic nitrogens is 1. The Labute approximate surface area is 120 Å². The summed E-state index contributed by atoms with van der Waals surface area (Å²) in [6.45, 7) is 3.60. The fraction of sp³-hybridized carbons (Fsp3) is 0.625. The van der Waals surface area contributed by atoms with Crippen molar-refractivity contribution in [3.05, 3.63) is 23.9 Å². The maximum Gasteiger partial charge on any atom is 0.255 e. The lowest BCUT2D eigenvalue weighted by Crippen LogP contribution is -2.31. The number of carbonyl (C=O) groups is 1. The second-order valence-corrected chi connectivity index (χ2v) is 5.98. The normalized spacial score (nSPS) is 18.1. The van der Waals surface area contributed by atoms with Crippen LogP contribution in [0.3, 0.4) is 0 Å². The van der Waals surface area contributed by atoms with Gasteiger partial charge in [0.15, 0.2) is 0 Å². The Hall–Kier alpha value is -1.58. The second kappa shape index (κ2) is 5.81. The van der Waals surface area contributed by atoms with Crippen LogP contribution in [0.25, 0.3) is 0 Å². The Balaban J connectivity index is 1.60. The molecule has 1 amide bonds. The lowest BCUT2D eigenvalue weighted by Gasteiger charge is -2.17. The zero-order valence-corrected chi connectivity index (χ0v) is 12.1. The largest absolute Gasteiger partial charge is 0.370 e. The van der Waals surface area contributed by atoms with Gasteiger partial charge >= 0.3 is 0 Å². The summed E-state index contributed by atoms with van der Waals surface area (Å²) in [5.74, 6) is 3.12. The van der Waals surface area contributed by atoms with Crippen molar-refractivity contribution in [2.24, 2.45) is 17.8 Å². The predicted octanol–water partition coefficient (Wildman–Crippen LogP) is 2.68. The second-order valence-electron chi connectivity index (χ2n) is 5.98. The van der Waals surface area contributed by atoms with E-state index in [9.17, 15) is 4.79 Å². The summed E-state index contributed by atoms with van der Waals surface area (Å²) in [6, 6.07) is 3.65. The van der Waals surface area contributed by atoms with Gasteiger partial charge in [0.1, 0.15) is 5.82 Å². The summed E-state index contributed by atoms with van der Waals surface area (Å²) in [7, 11) is 0. The molecule has 108 valence electrons. The summed E-state index contributed by atoms with van der Waals surface area (Å²) < 4.78 is 0. The van der Waals surface area contributed by atoms with Crippen LogP contribution in [0.15, 0.2) is 18.3 Å². The molecule has 2 aliphatic carbocycles. The first-order valence-corrected chi connectivity index (χ1v) is 7.76. The van der Waals surface area contributed by atoms with Crippen LogP contribution in [-0.4, -0.2) is 24.0 Å². The van der Waals surface area contributed by atoms with Crippen LogP contribution in [0, 0.1) is 17.8 Å². The molecular formula is C16H23N3O. The molecule has 2 aliphatic rings. The molecular weight excluding hydrogens is 250 g/mol. The maximum atomic E-state index is 12.3. The smallest absolute Gasteiger partial charge is 0.255 e.